The number of hydrogen-bond donors (Lipinski definition) is 2. The Bertz CT molecular complexity index is 618. The van der Waals surface area contributed by atoms with Gasteiger partial charge in [-0.1, -0.05) is 13.3 Å². The van der Waals surface area contributed by atoms with Gasteiger partial charge in [0, 0.05) is 25.0 Å². The molecule has 0 bridgehead atoms. The summed E-state index contributed by atoms with van der Waals surface area (Å²) in [6.45, 7) is 2.85. The number of carbonyl (C=O) groups is 1. The highest BCUT2D eigenvalue weighted by Gasteiger charge is 2.09. The number of rotatable bonds is 6. The number of amides is 1. The smallest absolute Gasteiger partial charge is 0.272 e. The van der Waals surface area contributed by atoms with Crippen molar-refractivity contribution in [2.45, 2.75) is 32.9 Å². The van der Waals surface area contributed by atoms with Gasteiger partial charge in [0.2, 0.25) is 0 Å². The van der Waals surface area contributed by atoms with Gasteiger partial charge >= 0.3 is 0 Å². The van der Waals surface area contributed by atoms with Crippen molar-refractivity contribution < 1.29 is 4.79 Å². The maximum absolute atomic E-state index is 11.9. The van der Waals surface area contributed by atoms with Crippen molar-refractivity contribution in [2.24, 2.45) is 0 Å². The zero-order valence-electron chi connectivity index (χ0n) is 11.3. The summed E-state index contributed by atoms with van der Waals surface area (Å²) in [4.78, 5) is 30.4. The fourth-order valence-corrected chi connectivity index (χ4v) is 1.69. The van der Waals surface area contributed by atoms with Crippen LogP contribution in [0.1, 0.15) is 36.1 Å². The van der Waals surface area contributed by atoms with Crippen LogP contribution in [0.3, 0.4) is 0 Å². The van der Waals surface area contributed by atoms with Crippen LogP contribution in [-0.4, -0.2) is 25.7 Å². The minimum Gasteiger partial charge on any atom is -0.347 e. The van der Waals surface area contributed by atoms with E-state index in [0.29, 0.717) is 18.9 Å². The number of carbonyl (C=O) groups excluding carboxylic acids is 1. The van der Waals surface area contributed by atoms with E-state index in [4.69, 9.17) is 0 Å². The van der Waals surface area contributed by atoms with Crippen LogP contribution in [-0.2, 0) is 13.1 Å². The number of unbranched alkanes of at least 4 members (excludes halogenated alkanes) is 1. The number of aromatic amines is 1. The van der Waals surface area contributed by atoms with E-state index in [2.05, 4.69) is 20.4 Å². The molecule has 0 spiro atoms. The van der Waals surface area contributed by atoms with Gasteiger partial charge in [-0.25, -0.2) is 9.67 Å². The monoisotopic (exact) mass is 275 g/mol. The van der Waals surface area contributed by atoms with E-state index >= 15 is 0 Å². The molecule has 0 unspecified atom stereocenters. The minimum absolute atomic E-state index is 0.193. The molecule has 2 aromatic heterocycles. The summed E-state index contributed by atoms with van der Waals surface area (Å²) in [5, 5.41) is 6.76. The zero-order chi connectivity index (χ0) is 14.4. The molecule has 0 atom stereocenters. The van der Waals surface area contributed by atoms with Gasteiger partial charge in [0.05, 0.1) is 6.54 Å². The molecule has 7 nitrogen and oxygen atoms in total. The molecular formula is C13H17N5O2. The lowest BCUT2D eigenvalue weighted by molar-refractivity contribution is 0.0942. The lowest BCUT2D eigenvalue weighted by Gasteiger charge is -2.06. The second-order valence-corrected chi connectivity index (χ2v) is 4.35. The van der Waals surface area contributed by atoms with Crippen molar-refractivity contribution in [3.63, 3.8) is 0 Å². The first-order valence-electron chi connectivity index (χ1n) is 6.55. The summed E-state index contributed by atoms with van der Waals surface area (Å²) in [6.07, 6.45) is 5.11. The number of H-pyrrole nitrogens is 1. The van der Waals surface area contributed by atoms with E-state index in [1.165, 1.54) is 16.8 Å². The summed E-state index contributed by atoms with van der Waals surface area (Å²) in [7, 11) is 0. The quantitative estimate of drug-likeness (QED) is 0.811. The Labute approximate surface area is 116 Å². The van der Waals surface area contributed by atoms with Crippen LogP contribution in [0.15, 0.2) is 29.3 Å². The Balaban J connectivity index is 2.03. The zero-order valence-corrected chi connectivity index (χ0v) is 11.3. The fourth-order valence-electron chi connectivity index (χ4n) is 1.69. The first kappa shape index (κ1) is 14.0. The van der Waals surface area contributed by atoms with Crippen molar-refractivity contribution >= 4 is 5.91 Å². The van der Waals surface area contributed by atoms with Gasteiger partial charge in [-0.15, -0.1) is 0 Å². The Morgan fingerprint density at radius 2 is 2.30 bits per heavy atom. The largest absolute Gasteiger partial charge is 0.347 e. The van der Waals surface area contributed by atoms with Gasteiger partial charge in [0.15, 0.2) is 0 Å². The van der Waals surface area contributed by atoms with Crippen LogP contribution in [0.5, 0.6) is 0 Å². The maximum atomic E-state index is 11.9. The van der Waals surface area contributed by atoms with Gasteiger partial charge in [-0.05, 0) is 12.5 Å². The molecule has 2 rings (SSSR count). The van der Waals surface area contributed by atoms with E-state index in [9.17, 15) is 9.59 Å². The Morgan fingerprint density at radius 3 is 3.00 bits per heavy atom. The predicted molar refractivity (Wildman–Crippen MR) is 73.2 cm³/mol. The number of imidazole rings is 1. The van der Waals surface area contributed by atoms with Crippen molar-refractivity contribution in [3.05, 3.63) is 46.4 Å². The van der Waals surface area contributed by atoms with Crippen LogP contribution in [0, 0.1) is 0 Å². The van der Waals surface area contributed by atoms with Crippen molar-refractivity contribution in [2.75, 3.05) is 0 Å². The van der Waals surface area contributed by atoms with Crippen molar-refractivity contribution in [3.8, 4) is 0 Å². The first-order chi connectivity index (χ1) is 9.70. The van der Waals surface area contributed by atoms with E-state index in [0.717, 1.165) is 12.8 Å². The summed E-state index contributed by atoms with van der Waals surface area (Å²) in [5.41, 5.74) is 0.0355. The second-order valence-electron chi connectivity index (χ2n) is 4.35. The lowest BCUT2D eigenvalue weighted by atomic mass is 10.3. The molecule has 0 saturated heterocycles. The normalized spacial score (nSPS) is 10.4. The van der Waals surface area contributed by atoms with Crippen LogP contribution < -0.4 is 10.9 Å². The minimum atomic E-state index is -0.327. The van der Waals surface area contributed by atoms with Crippen molar-refractivity contribution in [1.29, 1.82) is 0 Å². The SMILES string of the molecule is CCCCn1nc(C(=O)NCc2ncc[nH]2)ccc1=O. The summed E-state index contributed by atoms with van der Waals surface area (Å²) in [5.74, 6) is 0.337. The Hall–Kier alpha value is -2.44. The molecule has 7 heteroatoms. The number of hydrogen-bond acceptors (Lipinski definition) is 4. The molecule has 0 aliphatic rings. The fraction of sp³-hybridized carbons (Fsp3) is 0.385. The maximum Gasteiger partial charge on any atom is 0.272 e. The van der Waals surface area contributed by atoms with E-state index < -0.39 is 0 Å². The summed E-state index contributed by atoms with van der Waals surface area (Å²) in [6, 6.07) is 2.80. The topological polar surface area (TPSA) is 92.7 Å². The molecule has 0 aromatic carbocycles. The number of aryl methyl sites for hydroxylation is 1. The molecule has 2 N–H and O–H groups in total. The standard InChI is InChI=1S/C13H17N5O2/c1-2-3-8-18-12(19)5-4-10(17-18)13(20)16-9-11-14-6-7-15-11/h4-7H,2-3,8-9H2,1H3,(H,14,15)(H,16,20). The van der Waals surface area contributed by atoms with Crippen molar-refractivity contribution in [1.82, 2.24) is 25.1 Å². The average Bonchev–Trinajstić information content (AvgIpc) is 2.97. The molecule has 0 aliphatic carbocycles. The molecule has 1 amide bonds. The molecule has 0 aliphatic heterocycles. The highest BCUT2D eigenvalue weighted by atomic mass is 16.2. The number of nitrogens with one attached hydrogen (secondary N) is 2. The Morgan fingerprint density at radius 1 is 1.45 bits per heavy atom. The Kier molecular flexibility index (Phi) is 4.65. The highest BCUT2D eigenvalue weighted by molar-refractivity contribution is 5.91. The van der Waals surface area contributed by atoms with E-state index in [1.54, 1.807) is 12.4 Å². The second kappa shape index (κ2) is 6.65. The van der Waals surface area contributed by atoms with Crippen LogP contribution >= 0.6 is 0 Å². The molecular weight excluding hydrogens is 258 g/mol. The first-order valence-corrected chi connectivity index (χ1v) is 6.55. The van der Waals surface area contributed by atoms with Gasteiger partial charge in [0.25, 0.3) is 11.5 Å². The molecule has 0 saturated carbocycles. The molecule has 0 radical (unpaired) electrons. The molecule has 2 aromatic rings. The number of aromatic nitrogens is 4. The number of nitrogens with zero attached hydrogens (tertiary/aromatic N) is 3. The summed E-state index contributed by atoms with van der Waals surface area (Å²) >= 11 is 0. The van der Waals surface area contributed by atoms with E-state index in [1.807, 2.05) is 6.92 Å². The third-order valence-electron chi connectivity index (χ3n) is 2.79. The average molecular weight is 275 g/mol. The van der Waals surface area contributed by atoms with Gasteiger partial charge in [-0.3, -0.25) is 9.59 Å². The van der Waals surface area contributed by atoms with Crippen LogP contribution in [0.25, 0.3) is 0 Å². The summed E-state index contributed by atoms with van der Waals surface area (Å²) < 4.78 is 1.32. The lowest BCUT2D eigenvalue weighted by Crippen LogP contribution is -2.29. The van der Waals surface area contributed by atoms with Gasteiger partial charge in [0.1, 0.15) is 11.5 Å². The predicted octanol–water partition coefficient (Wildman–Crippen LogP) is 0.697. The van der Waals surface area contributed by atoms with Gasteiger partial charge < -0.3 is 10.3 Å². The van der Waals surface area contributed by atoms with Crippen LogP contribution in [0.2, 0.25) is 0 Å². The molecule has 0 fully saturated rings. The van der Waals surface area contributed by atoms with Gasteiger partial charge in [-0.2, -0.15) is 5.10 Å². The highest BCUT2D eigenvalue weighted by Crippen LogP contribution is 1.95. The third kappa shape index (κ3) is 3.53. The molecule has 20 heavy (non-hydrogen) atoms. The van der Waals surface area contributed by atoms with Crippen LogP contribution in [0.4, 0.5) is 0 Å². The molecule has 2 heterocycles. The molecule has 106 valence electrons. The van der Waals surface area contributed by atoms with E-state index in [-0.39, 0.29) is 17.2 Å². The third-order valence-corrected chi connectivity index (χ3v) is 2.79.